The molecule has 0 bridgehead atoms. The number of carbonyl (C=O) groups is 1. The second-order valence-electron chi connectivity index (χ2n) is 7.39. The molecule has 1 amide bonds. The number of carbonyl (C=O) groups excluding carboxylic acids is 1. The molecule has 31 heavy (non-hydrogen) atoms. The Hall–Kier alpha value is -3.04. The smallest absolute Gasteiger partial charge is 0.258 e. The van der Waals surface area contributed by atoms with E-state index in [1.807, 2.05) is 16.7 Å². The Morgan fingerprint density at radius 2 is 1.94 bits per heavy atom. The molecule has 4 rings (SSSR count). The van der Waals surface area contributed by atoms with Crippen LogP contribution in [0.25, 0.3) is 10.9 Å². The highest BCUT2D eigenvalue weighted by atomic mass is 35.5. The van der Waals surface area contributed by atoms with Gasteiger partial charge in [-0.15, -0.1) is 0 Å². The first-order valence-corrected chi connectivity index (χ1v) is 10.6. The van der Waals surface area contributed by atoms with Crippen molar-refractivity contribution in [1.82, 2.24) is 29.7 Å². The van der Waals surface area contributed by atoms with Crippen LogP contribution < -0.4 is 10.5 Å². The van der Waals surface area contributed by atoms with Crippen molar-refractivity contribution >= 4 is 34.4 Å². The molecule has 3 heterocycles. The summed E-state index contributed by atoms with van der Waals surface area (Å²) in [5.41, 5.74) is 0.339. The van der Waals surface area contributed by atoms with E-state index in [0.29, 0.717) is 67.0 Å². The van der Waals surface area contributed by atoms with E-state index in [1.165, 1.54) is 0 Å². The molecule has 0 unspecified atom stereocenters. The third kappa shape index (κ3) is 5.00. The first kappa shape index (κ1) is 21.2. The number of hydrogen-bond acceptors (Lipinski definition) is 7. The van der Waals surface area contributed by atoms with Crippen LogP contribution in [0, 0.1) is 0 Å². The molecule has 1 aromatic carbocycles. The van der Waals surface area contributed by atoms with Gasteiger partial charge in [-0.3, -0.25) is 14.5 Å². The van der Waals surface area contributed by atoms with Gasteiger partial charge < -0.3 is 14.8 Å². The summed E-state index contributed by atoms with van der Waals surface area (Å²) in [6.07, 6.45) is 3.44. The molecule has 1 aliphatic rings. The van der Waals surface area contributed by atoms with Crippen LogP contribution in [0.1, 0.15) is 12.7 Å². The molecule has 3 aromatic rings. The maximum Gasteiger partial charge on any atom is 0.258 e. The maximum atomic E-state index is 12.8. The Morgan fingerprint density at radius 1 is 1.19 bits per heavy atom. The first-order chi connectivity index (χ1) is 15.0. The maximum absolute atomic E-state index is 12.8. The van der Waals surface area contributed by atoms with E-state index in [1.54, 1.807) is 36.7 Å². The average Bonchev–Trinajstić information content (AvgIpc) is 2.79. The molecule has 9 nitrogen and oxygen atoms in total. The Kier molecular flexibility index (Phi) is 6.43. The van der Waals surface area contributed by atoms with E-state index < -0.39 is 0 Å². The molecular formula is C21H24ClN7O2. The van der Waals surface area contributed by atoms with E-state index in [9.17, 15) is 9.59 Å². The molecule has 0 radical (unpaired) electrons. The van der Waals surface area contributed by atoms with Gasteiger partial charge in [-0.1, -0.05) is 18.5 Å². The number of nitrogens with one attached hydrogen (secondary N) is 1. The zero-order valence-electron chi connectivity index (χ0n) is 17.3. The number of benzene rings is 1. The Balaban J connectivity index is 1.37. The number of halogens is 1. The number of fused-ring (bicyclic) bond motifs is 1. The number of likely N-dealkylation sites (N-methyl/N-ethyl adjacent to an activating group) is 1. The highest BCUT2D eigenvalue weighted by molar-refractivity contribution is 6.31. The summed E-state index contributed by atoms with van der Waals surface area (Å²) in [7, 11) is 0. The monoisotopic (exact) mass is 441 g/mol. The predicted octanol–water partition coefficient (Wildman–Crippen LogP) is 1.54. The summed E-state index contributed by atoms with van der Waals surface area (Å²) >= 11 is 6.04. The van der Waals surface area contributed by atoms with Crippen LogP contribution in [0.2, 0.25) is 5.02 Å². The lowest BCUT2D eigenvalue weighted by Crippen LogP contribution is -2.51. The zero-order valence-corrected chi connectivity index (χ0v) is 18.0. The van der Waals surface area contributed by atoms with E-state index in [4.69, 9.17) is 11.6 Å². The molecule has 0 saturated carbocycles. The van der Waals surface area contributed by atoms with Crippen LogP contribution in [0.4, 0.5) is 5.95 Å². The highest BCUT2D eigenvalue weighted by Gasteiger charge is 2.24. The summed E-state index contributed by atoms with van der Waals surface area (Å²) < 4.78 is 0. The lowest BCUT2D eigenvalue weighted by atomic mass is 10.2. The van der Waals surface area contributed by atoms with E-state index in [0.717, 1.165) is 0 Å². The van der Waals surface area contributed by atoms with Crippen LogP contribution in [0.5, 0.6) is 0 Å². The normalized spacial score (nSPS) is 14.4. The van der Waals surface area contributed by atoms with E-state index in [2.05, 4.69) is 24.8 Å². The topological polar surface area (TPSA) is 98.3 Å². The van der Waals surface area contributed by atoms with Gasteiger partial charge in [-0.05, 0) is 30.8 Å². The minimum Gasteiger partial charge on any atom is -0.338 e. The quantitative estimate of drug-likeness (QED) is 0.619. The van der Waals surface area contributed by atoms with Crippen molar-refractivity contribution in [3.8, 4) is 0 Å². The highest BCUT2D eigenvalue weighted by Crippen LogP contribution is 2.15. The third-order valence-corrected chi connectivity index (χ3v) is 5.60. The fourth-order valence-electron chi connectivity index (χ4n) is 3.63. The summed E-state index contributed by atoms with van der Waals surface area (Å²) in [6.45, 7) is 5.91. The van der Waals surface area contributed by atoms with Crippen LogP contribution in [0.15, 0.2) is 41.5 Å². The molecular weight excluding hydrogens is 418 g/mol. The molecule has 10 heteroatoms. The van der Waals surface area contributed by atoms with Gasteiger partial charge in [0, 0.05) is 43.6 Å². The molecule has 1 saturated heterocycles. The minimum absolute atomic E-state index is 0.0571. The number of aromatic amines is 1. The predicted molar refractivity (Wildman–Crippen MR) is 119 cm³/mol. The second kappa shape index (κ2) is 9.40. The standard InChI is InChI=1S/C21H24ClN7O2/c1-2-27(13-18-25-17-12-15(22)4-5-16(17)20(31)26-18)14-19(30)28-8-10-29(11-9-28)21-23-6-3-7-24-21/h3-7,12H,2,8-11,13-14H2,1H3,(H,25,26,31). The van der Waals surface area contributed by atoms with Gasteiger partial charge in [0.15, 0.2) is 0 Å². The summed E-state index contributed by atoms with van der Waals surface area (Å²) in [5, 5.41) is 1.02. The molecule has 0 atom stereocenters. The molecule has 2 aromatic heterocycles. The van der Waals surface area contributed by atoms with Crippen molar-refractivity contribution < 1.29 is 4.79 Å². The summed E-state index contributed by atoms with van der Waals surface area (Å²) in [4.78, 5) is 47.0. The fraction of sp³-hybridized carbons (Fsp3) is 0.381. The van der Waals surface area contributed by atoms with Crippen LogP contribution in [0.3, 0.4) is 0 Å². The van der Waals surface area contributed by atoms with Crippen molar-refractivity contribution in [3.05, 3.63) is 57.9 Å². The SMILES string of the molecule is CCN(CC(=O)N1CCN(c2ncccn2)CC1)Cc1nc2cc(Cl)ccc2c(=O)[nH]1. The molecule has 1 N–H and O–H groups in total. The lowest BCUT2D eigenvalue weighted by Gasteiger charge is -2.35. The van der Waals surface area contributed by atoms with Gasteiger partial charge in [0.2, 0.25) is 11.9 Å². The number of nitrogens with zero attached hydrogens (tertiary/aromatic N) is 6. The van der Waals surface area contributed by atoms with Crippen LogP contribution >= 0.6 is 11.6 Å². The van der Waals surface area contributed by atoms with Crippen molar-refractivity contribution in [2.75, 3.05) is 44.2 Å². The average molecular weight is 442 g/mol. The Morgan fingerprint density at radius 3 is 2.65 bits per heavy atom. The van der Waals surface area contributed by atoms with Crippen molar-refractivity contribution in [3.63, 3.8) is 0 Å². The number of anilines is 1. The number of rotatable bonds is 6. The van der Waals surface area contributed by atoms with Gasteiger partial charge in [-0.25, -0.2) is 15.0 Å². The first-order valence-electron chi connectivity index (χ1n) is 10.2. The van der Waals surface area contributed by atoms with E-state index >= 15 is 0 Å². The van der Waals surface area contributed by atoms with Gasteiger partial charge in [0.1, 0.15) is 5.82 Å². The molecule has 162 valence electrons. The fourth-order valence-corrected chi connectivity index (χ4v) is 3.80. The van der Waals surface area contributed by atoms with Gasteiger partial charge in [0.25, 0.3) is 5.56 Å². The number of piperazine rings is 1. The number of amides is 1. The molecule has 1 aliphatic heterocycles. The summed E-state index contributed by atoms with van der Waals surface area (Å²) in [6, 6.07) is 6.79. The third-order valence-electron chi connectivity index (χ3n) is 5.36. The van der Waals surface area contributed by atoms with Gasteiger partial charge in [-0.2, -0.15) is 0 Å². The lowest BCUT2D eigenvalue weighted by molar-refractivity contribution is -0.132. The van der Waals surface area contributed by atoms with Crippen molar-refractivity contribution in [1.29, 1.82) is 0 Å². The van der Waals surface area contributed by atoms with Gasteiger partial charge in [0.05, 0.1) is 24.0 Å². The van der Waals surface area contributed by atoms with Gasteiger partial charge >= 0.3 is 0 Å². The van der Waals surface area contributed by atoms with E-state index in [-0.39, 0.29) is 18.0 Å². The number of hydrogen-bond donors (Lipinski definition) is 1. The van der Waals surface area contributed by atoms with Crippen molar-refractivity contribution in [2.24, 2.45) is 0 Å². The summed E-state index contributed by atoms with van der Waals surface area (Å²) in [5.74, 6) is 1.26. The number of aromatic nitrogens is 4. The Labute approximate surface area is 184 Å². The zero-order chi connectivity index (χ0) is 21.8. The van der Waals surface area contributed by atoms with Crippen LogP contribution in [-0.2, 0) is 11.3 Å². The largest absolute Gasteiger partial charge is 0.338 e. The molecule has 0 spiro atoms. The second-order valence-corrected chi connectivity index (χ2v) is 7.83. The van der Waals surface area contributed by atoms with Crippen molar-refractivity contribution in [2.45, 2.75) is 13.5 Å². The number of H-pyrrole nitrogens is 1. The molecule has 1 fully saturated rings. The minimum atomic E-state index is -0.210. The Bertz CT molecular complexity index is 1110. The molecule has 0 aliphatic carbocycles. The van der Waals surface area contributed by atoms with Crippen LogP contribution in [-0.4, -0.2) is 74.9 Å².